The van der Waals surface area contributed by atoms with Crippen molar-refractivity contribution >= 4 is 22.8 Å². The number of rotatable bonds is 7. The fourth-order valence-corrected chi connectivity index (χ4v) is 3.01. The Hall–Kier alpha value is -2.54. The number of aromatic amines is 1. The molecule has 1 atom stereocenters. The van der Waals surface area contributed by atoms with Crippen LogP contribution in [0.3, 0.4) is 0 Å². The highest BCUT2D eigenvalue weighted by molar-refractivity contribution is 5.98. The summed E-state index contributed by atoms with van der Waals surface area (Å²) in [4.78, 5) is 26.1. The molecule has 0 spiro atoms. The Morgan fingerprint density at radius 2 is 2.08 bits per heavy atom. The van der Waals surface area contributed by atoms with Crippen molar-refractivity contribution in [2.75, 3.05) is 26.2 Å². The molecule has 140 valence electrons. The van der Waals surface area contributed by atoms with Gasteiger partial charge in [0.15, 0.2) is 0 Å². The van der Waals surface area contributed by atoms with Crippen molar-refractivity contribution in [2.45, 2.75) is 19.8 Å². The van der Waals surface area contributed by atoms with E-state index in [2.05, 4.69) is 15.6 Å². The van der Waals surface area contributed by atoms with Gasteiger partial charge in [-0.2, -0.15) is 0 Å². The smallest absolute Gasteiger partial charge is 0.308 e. The van der Waals surface area contributed by atoms with Crippen molar-refractivity contribution in [1.82, 2.24) is 15.6 Å². The molecule has 2 heterocycles. The number of hydrogen-bond donors (Lipinski definition) is 4. The van der Waals surface area contributed by atoms with Crippen molar-refractivity contribution in [1.29, 1.82) is 0 Å². The molecule has 1 unspecified atom stereocenters. The van der Waals surface area contributed by atoms with E-state index >= 15 is 0 Å². The second-order valence-electron chi connectivity index (χ2n) is 6.89. The monoisotopic (exact) mass is 359 g/mol. The summed E-state index contributed by atoms with van der Waals surface area (Å²) in [7, 11) is 0. The lowest BCUT2D eigenvalue weighted by Gasteiger charge is -2.22. The van der Waals surface area contributed by atoms with Crippen LogP contribution in [0.5, 0.6) is 5.75 Å². The van der Waals surface area contributed by atoms with Crippen LogP contribution in [0.15, 0.2) is 24.3 Å². The number of H-pyrrole nitrogens is 1. The Morgan fingerprint density at radius 1 is 1.31 bits per heavy atom. The predicted octanol–water partition coefficient (Wildman–Crippen LogP) is 2.00. The minimum Gasteiger partial charge on any atom is -0.493 e. The maximum atomic E-state index is 12.2. The number of nitrogens with one attached hydrogen (secondary N) is 3. The Morgan fingerprint density at radius 3 is 2.81 bits per heavy atom. The highest BCUT2D eigenvalue weighted by Crippen LogP contribution is 2.23. The largest absolute Gasteiger partial charge is 0.493 e. The zero-order chi connectivity index (χ0) is 18.5. The van der Waals surface area contributed by atoms with Crippen LogP contribution in [0, 0.1) is 11.8 Å². The number of hydrogen-bond acceptors (Lipinski definition) is 4. The molecule has 0 bridgehead atoms. The molecular formula is C19H25N3O4. The molecule has 0 radical (unpaired) electrons. The zero-order valence-electron chi connectivity index (χ0n) is 14.9. The van der Waals surface area contributed by atoms with Crippen LogP contribution in [-0.2, 0) is 4.79 Å². The van der Waals surface area contributed by atoms with E-state index in [0.717, 1.165) is 42.6 Å². The Labute approximate surface area is 152 Å². The van der Waals surface area contributed by atoms with E-state index in [1.54, 1.807) is 13.0 Å². The quantitative estimate of drug-likeness (QED) is 0.605. The molecule has 1 aliphatic rings. The number of aromatic nitrogens is 1. The lowest BCUT2D eigenvalue weighted by Crippen LogP contribution is -2.31. The van der Waals surface area contributed by atoms with Gasteiger partial charge in [-0.05, 0) is 56.1 Å². The molecule has 2 aromatic rings. The number of ether oxygens (including phenoxy) is 1. The summed E-state index contributed by atoms with van der Waals surface area (Å²) in [6, 6.07) is 7.47. The molecule has 1 aromatic carbocycles. The predicted molar refractivity (Wildman–Crippen MR) is 98.5 cm³/mol. The maximum absolute atomic E-state index is 12.2. The molecule has 1 amide bonds. The van der Waals surface area contributed by atoms with E-state index in [0.29, 0.717) is 18.2 Å². The van der Waals surface area contributed by atoms with Gasteiger partial charge in [0.2, 0.25) is 0 Å². The van der Waals surface area contributed by atoms with Gasteiger partial charge in [0.05, 0.1) is 12.5 Å². The van der Waals surface area contributed by atoms with Crippen molar-refractivity contribution in [2.24, 2.45) is 11.8 Å². The summed E-state index contributed by atoms with van der Waals surface area (Å²) in [5, 5.41) is 15.8. The summed E-state index contributed by atoms with van der Waals surface area (Å²) in [5.41, 5.74) is 1.25. The molecule has 4 N–H and O–H groups in total. The standard InChI is InChI=1S/C19H25N3O4/c1-12(19(24)25)10-21-18(23)17-9-14-8-15(2-3-16(14)22-17)26-11-13-4-6-20-7-5-13/h2-3,8-9,12-13,20,22H,4-7,10-11H2,1H3,(H,21,23)(H,24,25). The molecule has 26 heavy (non-hydrogen) atoms. The lowest BCUT2D eigenvalue weighted by atomic mass is 9.99. The molecule has 0 aliphatic carbocycles. The average molecular weight is 359 g/mol. The normalized spacial score (nSPS) is 16.3. The number of carboxylic acids is 1. The number of carbonyl (C=O) groups is 2. The van der Waals surface area contributed by atoms with Crippen LogP contribution in [0.1, 0.15) is 30.3 Å². The molecule has 1 aliphatic heterocycles. The number of carboxylic acid groups (broad SMARTS) is 1. The summed E-state index contributed by atoms with van der Waals surface area (Å²) in [6.45, 7) is 4.44. The highest BCUT2D eigenvalue weighted by atomic mass is 16.5. The molecule has 1 fully saturated rings. The highest BCUT2D eigenvalue weighted by Gasteiger charge is 2.16. The SMILES string of the molecule is CC(CNC(=O)c1cc2cc(OCC3CCNCC3)ccc2[nH]1)C(=O)O. The average Bonchev–Trinajstić information content (AvgIpc) is 3.08. The first-order valence-corrected chi connectivity index (χ1v) is 9.00. The minimum atomic E-state index is -0.933. The van der Waals surface area contributed by atoms with E-state index in [9.17, 15) is 9.59 Å². The second-order valence-corrected chi connectivity index (χ2v) is 6.89. The third kappa shape index (κ3) is 4.54. The third-order valence-corrected chi connectivity index (χ3v) is 4.77. The number of benzene rings is 1. The Bertz CT molecular complexity index is 780. The molecule has 0 saturated carbocycles. The summed E-state index contributed by atoms with van der Waals surface area (Å²) in [6.07, 6.45) is 2.26. The Balaban J connectivity index is 1.61. The Kier molecular flexibility index (Phi) is 5.78. The van der Waals surface area contributed by atoms with E-state index in [-0.39, 0.29) is 12.5 Å². The van der Waals surface area contributed by atoms with Crippen molar-refractivity contribution < 1.29 is 19.4 Å². The van der Waals surface area contributed by atoms with Gasteiger partial charge in [0.1, 0.15) is 11.4 Å². The molecule has 7 heteroatoms. The molecule has 1 aromatic heterocycles. The minimum absolute atomic E-state index is 0.0914. The van der Waals surface area contributed by atoms with Gasteiger partial charge in [-0.15, -0.1) is 0 Å². The fraction of sp³-hybridized carbons (Fsp3) is 0.474. The topological polar surface area (TPSA) is 103 Å². The number of aliphatic carboxylic acids is 1. The molecular weight excluding hydrogens is 334 g/mol. The van der Waals surface area contributed by atoms with Crippen LogP contribution in [0.4, 0.5) is 0 Å². The van der Waals surface area contributed by atoms with Crippen molar-refractivity contribution in [3.8, 4) is 5.75 Å². The first kappa shape index (κ1) is 18.3. The first-order chi connectivity index (χ1) is 12.5. The third-order valence-electron chi connectivity index (χ3n) is 4.77. The van der Waals surface area contributed by atoms with Gasteiger partial charge in [-0.25, -0.2) is 0 Å². The number of carbonyl (C=O) groups excluding carboxylic acids is 1. The van der Waals surface area contributed by atoms with Crippen LogP contribution in [0.2, 0.25) is 0 Å². The summed E-state index contributed by atoms with van der Waals surface area (Å²) in [5.74, 6) is -0.500. The summed E-state index contributed by atoms with van der Waals surface area (Å²) < 4.78 is 5.92. The van der Waals surface area contributed by atoms with Crippen LogP contribution in [-0.4, -0.2) is 48.2 Å². The zero-order valence-corrected chi connectivity index (χ0v) is 14.9. The van der Waals surface area contributed by atoms with Crippen molar-refractivity contribution in [3.63, 3.8) is 0 Å². The van der Waals surface area contributed by atoms with Gasteiger partial charge in [-0.3, -0.25) is 9.59 Å². The van der Waals surface area contributed by atoms with Gasteiger partial charge in [0.25, 0.3) is 5.91 Å². The van der Waals surface area contributed by atoms with Crippen LogP contribution < -0.4 is 15.4 Å². The lowest BCUT2D eigenvalue weighted by molar-refractivity contribution is -0.140. The fourth-order valence-electron chi connectivity index (χ4n) is 3.01. The van der Waals surface area contributed by atoms with E-state index in [1.807, 2.05) is 18.2 Å². The number of fused-ring (bicyclic) bond motifs is 1. The van der Waals surface area contributed by atoms with Gasteiger partial charge in [0, 0.05) is 17.4 Å². The van der Waals surface area contributed by atoms with E-state index < -0.39 is 11.9 Å². The maximum Gasteiger partial charge on any atom is 0.308 e. The molecule has 1 saturated heterocycles. The second kappa shape index (κ2) is 8.23. The van der Waals surface area contributed by atoms with Gasteiger partial charge >= 0.3 is 5.97 Å². The molecule has 3 rings (SSSR count). The summed E-state index contributed by atoms with van der Waals surface area (Å²) >= 11 is 0. The van der Waals surface area contributed by atoms with E-state index in [1.165, 1.54) is 0 Å². The van der Waals surface area contributed by atoms with Crippen LogP contribution in [0.25, 0.3) is 10.9 Å². The van der Waals surface area contributed by atoms with Crippen LogP contribution >= 0.6 is 0 Å². The van der Waals surface area contributed by atoms with Gasteiger partial charge in [-0.1, -0.05) is 6.92 Å². The van der Waals surface area contributed by atoms with E-state index in [4.69, 9.17) is 9.84 Å². The number of amides is 1. The van der Waals surface area contributed by atoms with Gasteiger partial charge < -0.3 is 25.5 Å². The first-order valence-electron chi connectivity index (χ1n) is 9.00. The number of piperidine rings is 1. The molecule has 7 nitrogen and oxygen atoms in total. The van der Waals surface area contributed by atoms with Crippen molar-refractivity contribution in [3.05, 3.63) is 30.0 Å².